The minimum atomic E-state index is -0.235. The van der Waals surface area contributed by atoms with E-state index in [0.29, 0.717) is 6.04 Å². The standard InChI is InChI=1S/C9H15BN2O2/c1-5(13)12-6(8(14)11-10)3-9(2)4-7(9)12/h6-7H,3-4,10H2,1-2H3,(H,11,14). The van der Waals surface area contributed by atoms with Crippen molar-refractivity contribution in [2.45, 2.75) is 38.8 Å². The Kier molecular flexibility index (Phi) is 1.88. The van der Waals surface area contributed by atoms with E-state index in [1.54, 1.807) is 19.8 Å². The number of carbonyl (C=O) groups is 2. The van der Waals surface area contributed by atoms with Crippen LogP contribution in [-0.4, -0.2) is 36.8 Å². The predicted octanol–water partition coefficient (Wildman–Crippen LogP) is -0.950. The lowest BCUT2D eigenvalue weighted by atomic mass is 10.0. The van der Waals surface area contributed by atoms with E-state index < -0.39 is 0 Å². The van der Waals surface area contributed by atoms with Gasteiger partial charge in [-0.25, -0.2) is 0 Å². The van der Waals surface area contributed by atoms with Crippen molar-refractivity contribution in [2.75, 3.05) is 0 Å². The molecule has 3 atom stereocenters. The highest BCUT2D eigenvalue weighted by molar-refractivity contribution is 6.15. The molecule has 1 aliphatic heterocycles. The van der Waals surface area contributed by atoms with E-state index in [1.807, 2.05) is 0 Å². The van der Waals surface area contributed by atoms with E-state index in [4.69, 9.17) is 0 Å². The molecular formula is C9H15BN2O2. The number of hydrogen-bond donors (Lipinski definition) is 1. The topological polar surface area (TPSA) is 49.4 Å². The SMILES string of the molecule is BNC(=O)C1CC2(C)CC2N1C(C)=O. The van der Waals surface area contributed by atoms with Gasteiger partial charge in [0, 0.05) is 13.0 Å². The normalized spacial score (nSPS) is 39.1. The fourth-order valence-corrected chi connectivity index (χ4v) is 2.62. The molecule has 3 unspecified atom stereocenters. The lowest BCUT2D eigenvalue weighted by Crippen LogP contribution is -2.46. The third-order valence-corrected chi connectivity index (χ3v) is 3.55. The maximum absolute atomic E-state index is 11.5. The van der Waals surface area contributed by atoms with Crippen molar-refractivity contribution in [1.82, 2.24) is 10.1 Å². The summed E-state index contributed by atoms with van der Waals surface area (Å²) >= 11 is 0. The summed E-state index contributed by atoms with van der Waals surface area (Å²) in [5.74, 6) is -0.0153. The van der Waals surface area contributed by atoms with Crippen LogP contribution in [0.3, 0.4) is 0 Å². The second kappa shape index (κ2) is 2.75. The van der Waals surface area contributed by atoms with Crippen LogP contribution in [0, 0.1) is 5.41 Å². The van der Waals surface area contributed by atoms with Crippen LogP contribution in [-0.2, 0) is 9.59 Å². The molecule has 76 valence electrons. The molecule has 2 amide bonds. The molecule has 0 aromatic heterocycles. The summed E-state index contributed by atoms with van der Waals surface area (Å²) < 4.78 is 0. The Hall–Kier alpha value is -0.995. The zero-order valence-corrected chi connectivity index (χ0v) is 8.83. The average molecular weight is 194 g/mol. The summed E-state index contributed by atoms with van der Waals surface area (Å²) in [5, 5.41) is 2.62. The van der Waals surface area contributed by atoms with Gasteiger partial charge in [0.15, 0.2) is 0 Å². The van der Waals surface area contributed by atoms with Crippen LogP contribution in [0.4, 0.5) is 0 Å². The van der Waals surface area contributed by atoms with E-state index >= 15 is 0 Å². The minimum Gasteiger partial charge on any atom is -0.404 e. The predicted molar refractivity (Wildman–Crippen MR) is 54.1 cm³/mol. The van der Waals surface area contributed by atoms with Crippen LogP contribution < -0.4 is 5.23 Å². The maximum atomic E-state index is 11.5. The van der Waals surface area contributed by atoms with Crippen LogP contribution in [0.25, 0.3) is 0 Å². The monoisotopic (exact) mass is 194 g/mol. The van der Waals surface area contributed by atoms with Crippen molar-refractivity contribution >= 4 is 19.8 Å². The van der Waals surface area contributed by atoms with Crippen LogP contribution >= 0.6 is 0 Å². The van der Waals surface area contributed by atoms with E-state index in [9.17, 15) is 9.59 Å². The number of nitrogens with one attached hydrogen (secondary N) is 1. The molecule has 1 heterocycles. The van der Waals surface area contributed by atoms with E-state index in [1.165, 1.54) is 0 Å². The summed E-state index contributed by atoms with van der Waals surface area (Å²) in [6.07, 6.45) is 1.87. The largest absolute Gasteiger partial charge is 0.404 e. The van der Waals surface area contributed by atoms with Crippen molar-refractivity contribution in [3.05, 3.63) is 0 Å². The molecule has 0 bridgehead atoms. The number of piperidine rings is 1. The summed E-state index contributed by atoms with van der Waals surface area (Å²) in [6, 6.07) is 0.0727. The number of fused-ring (bicyclic) bond motifs is 1. The zero-order chi connectivity index (χ0) is 10.5. The fourth-order valence-electron chi connectivity index (χ4n) is 2.62. The first-order chi connectivity index (χ1) is 6.49. The average Bonchev–Trinajstić information content (AvgIpc) is 2.66. The number of likely N-dealkylation sites (tertiary alicyclic amines) is 1. The molecule has 4 nitrogen and oxygen atoms in total. The van der Waals surface area contributed by atoms with Crippen LogP contribution in [0.15, 0.2) is 0 Å². The molecule has 1 N–H and O–H groups in total. The van der Waals surface area contributed by atoms with Crippen molar-refractivity contribution in [1.29, 1.82) is 0 Å². The van der Waals surface area contributed by atoms with Crippen molar-refractivity contribution in [3.8, 4) is 0 Å². The number of rotatable bonds is 1. The summed E-state index contributed by atoms with van der Waals surface area (Å²) in [6.45, 7) is 3.69. The number of hydrogen-bond acceptors (Lipinski definition) is 2. The summed E-state index contributed by atoms with van der Waals surface area (Å²) in [4.78, 5) is 24.7. The lowest BCUT2D eigenvalue weighted by molar-refractivity contribution is -0.137. The Morgan fingerprint density at radius 1 is 1.50 bits per heavy atom. The molecule has 1 aliphatic carbocycles. The molecule has 0 radical (unpaired) electrons. The first-order valence-corrected chi connectivity index (χ1v) is 5.00. The summed E-state index contributed by atoms with van der Waals surface area (Å²) in [5.41, 5.74) is 0.211. The van der Waals surface area contributed by atoms with Gasteiger partial charge in [0.25, 0.3) is 0 Å². The van der Waals surface area contributed by atoms with Gasteiger partial charge in [-0.05, 0) is 18.3 Å². The van der Waals surface area contributed by atoms with Gasteiger partial charge in [0.1, 0.15) is 6.04 Å². The smallest absolute Gasteiger partial charge is 0.230 e. The fraction of sp³-hybridized carbons (Fsp3) is 0.778. The molecule has 2 fully saturated rings. The molecule has 1 saturated heterocycles. The lowest BCUT2D eigenvalue weighted by Gasteiger charge is -2.24. The van der Waals surface area contributed by atoms with Crippen molar-refractivity contribution in [3.63, 3.8) is 0 Å². The highest BCUT2D eigenvalue weighted by Gasteiger charge is 2.63. The van der Waals surface area contributed by atoms with E-state index in [0.717, 1.165) is 12.8 Å². The van der Waals surface area contributed by atoms with Gasteiger partial charge in [-0.2, -0.15) is 0 Å². The molecule has 14 heavy (non-hydrogen) atoms. The number of amides is 2. The van der Waals surface area contributed by atoms with Crippen molar-refractivity contribution < 1.29 is 9.59 Å². The molecule has 0 spiro atoms. The van der Waals surface area contributed by atoms with Crippen LogP contribution in [0.5, 0.6) is 0 Å². The first-order valence-electron chi connectivity index (χ1n) is 5.00. The van der Waals surface area contributed by atoms with Crippen LogP contribution in [0.2, 0.25) is 0 Å². The van der Waals surface area contributed by atoms with Gasteiger partial charge >= 0.3 is 0 Å². The minimum absolute atomic E-state index is 0.0184. The molecule has 1 saturated carbocycles. The Balaban J connectivity index is 2.19. The van der Waals surface area contributed by atoms with Crippen molar-refractivity contribution in [2.24, 2.45) is 5.41 Å². The Labute approximate surface area is 84.5 Å². The molecule has 5 heteroatoms. The zero-order valence-electron chi connectivity index (χ0n) is 8.83. The summed E-state index contributed by atoms with van der Waals surface area (Å²) in [7, 11) is 1.62. The maximum Gasteiger partial charge on any atom is 0.230 e. The Morgan fingerprint density at radius 3 is 2.64 bits per heavy atom. The number of carbonyl (C=O) groups excluding carboxylic acids is 2. The molecule has 0 aromatic rings. The quantitative estimate of drug-likeness (QED) is 0.547. The van der Waals surface area contributed by atoms with E-state index in [-0.39, 0.29) is 23.3 Å². The molecule has 2 aliphatic rings. The Morgan fingerprint density at radius 2 is 2.14 bits per heavy atom. The van der Waals surface area contributed by atoms with Gasteiger partial charge in [-0.15, -0.1) is 0 Å². The third kappa shape index (κ3) is 1.15. The van der Waals surface area contributed by atoms with Gasteiger partial charge in [-0.3, -0.25) is 9.59 Å². The second-order valence-corrected chi connectivity index (χ2v) is 4.63. The van der Waals surface area contributed by atoms with Crippen LogP contribution in [0.1, 0.15) is 26.7 Å². The van der Waals surface area contributed by atoms with Gasteiger partial charge in [0.05, 0.1) is 0 Å². The highest BCUT2D eigenvalue weighted by Crippen LogP contribution is 2.59. The number of nitrogens with zero attached hydrogens (tertiary/aromatic N) is 1. The van der Waals surface area contributed by atoms with Gasteiger partial charge in [0.2, 0.25) is 19.8 Å². The molecule has 2 rings (SSSR count). The van der Waals surface area contributed by atoms with Gasteiger partial charge < -0.3 is 10.1 Å². The highest BCUT2D eigenvalue weighted by atomic mass is 16.2. The molecular weight excluding hydrogens is 179 g/mol. The third-order valence-electron chi connectivity index (χ3n) is 3.55. The van der Waals surface area contributed by atoms with E-state index in [2.05, 4.69) is 12.2 Å². The van der Waals surface area contributed by atoms with Gasteiger partial charge in [-0.1, -0.05) is 6.92 Å². The second-order valence-electron chi connectivity index (χ2n) is 4.63. The Bertz CT molecular complexity index is 307. The molecule has 0 aromatic carbocycles. The first kappa shape index (κ1) is 9.56.